The van der Waals surface area contributed by atoms with Gasteiger partial charge in [0.1, 0.15) is 0 Å². The molecule has 0 unspecified atom stereocenters. The lowest BCUT2D eigenvalue weighted by molar-refractivity contribution is -0.255. The lowest BCUT2D eigenvalue weighted by atomic mass is 10.2. The monoisotopic (exact) mass is 338 g/mol. The summed E-state index contributed by atoms with van der Waals surface area (Å²) in [6, 6.07) is 14.4. The first-order chi connectivity index (χ1) is 11.5. The molecule has 0 saturated heterocycles. The van der Waals surface area contributed by atoms with Crippen molar-refractivity contribution in [2.24, 2.45) is 0 Å². The number of allylic oxidation sites excluding steroid dienone is 1. The fraction of sp³-hybridized carbons (Fsp3) is 0.0556. The number of carbonyl (C=O) groups is 1. The summed E-state index contributed by atoms with van der Waals surface area (Å²) < 4.78 is 0. The van der Waals surface area contributed by atoms with Gasteiger partial charge >= 0.3 is 0 Å². The summed E-state index contributed by atoms with van der Waals surface area (Å²) >= 11 is 1.64. The van der Waals surface area contributed by atoms with Gasteiger partial charge in [0.15, 0.2) is 0 Å². The molecule has 0 bridgehead atoms. The van der Waals surface area contributed by atoms with Gasteiger partial charge in [-0.25, -0.2) is 0 Å². The summed E-state index contributed by atoms with van der Waals surface area (Å²) in [5.41, 5.74) is 9.77. The minimum Gasteiger partial charge on any atom is -0.545 e. The molecule has 0 radical (unpaired) electrons. The van der Waals surface area contributed by atoms with Gasteiger partial charge in [-0.15, -0.1) is 0 Å². The number of carbonyl (C=O) groups excluding carboxylic acids is 1. The number of thioether (sulfide) groups is 1. The maximum Gasteiger partial charge on any atom is 0.0715 e. The van der Waals surface area contributed by atoms with Gasteiger partial charge in [0.2, 0.25) is 0 Å². The minimum absolute atomic E-state index is 0.140. The second-order valence-corrected chi connectivity index (χ2v) is 6.32. The molecule has 1 heterocycles. The van der Waals surface area contributed by atoms with E-state index in [0.29, 0.717) is 0 Å². The molecule has 0 aromatic heterocycles. The number of aromatic carboxylic acids is 1. The summed E-state index contributed by atoms with van der Waals surface area (Å²) in [5, 5.41) is 14.1. The van der Waals surface area contributed by atoms with Crippen molar-refractivity contribution in [2.75, 3.05) is 10.7 Å². The number of carboxylic acid groups (broad SMARTS) is 1. The van der Waals surface area contributed by atoms with E-state index in [1.807, 2.05) is 25.1 Å². The Bertz CT molecular complexity index is 828. The first kappa shape index (κ1) is 16.0. The number of fused-ring (bicyclic) bond motifs is 1. The maximum absolute atomic E-state index is 10.7. The van der Waals surface area contributed by atoms with Crippen molar-refractivity contribution >= 4 is 29.1 Å². The Morgan fingerprint density at radius 1 is 1.17 bits per heavy atom. The van der Waals surface area contributed by atoms with E-state index in [4.69, 9.17) is 0 Å². The van der Waals surface area contributed by atoms with Crippen LogP contribution in [0.15, 0.2) is 76.3 Å². The highest BCUT2D eigenvalue weighted by Gasteiger charge is 2.17. The highest BCUT2D eigenvalue weighted by atomic mass is 32.2. The van der Waals surface area contributed by atoms with E-state index in [1.54, 1.807) is 23.9 Å². The van der Waals surface area contributed by atoms with Crippen molar-refractivity contribution in [3.8, 4) is 0 Å². The predicted octanol–water partition coefficient (Wildman–Crippen LogP) is 2.93. The zero-order valence-corrected chi connectivity index (χ0v) is 13.9. The van der Waals surface area contributed by atoms with Crippen molar-refractivity contribution in [2.45, 2.75) is 11.8 Å². The van der Waals surface area contributed by atoms with Crippen LogP contribution in [-0.4, -0.2) is 5.97 Å². The van der Waals surface area contributed by atoms with Crippen LogP contribution in [0.2, 0.25) is 0 Å². The molecule has 1 aliphatic heterocycles. The molecule has 2 aromatic rings. The van der Waals surface area contributed by atoms with E-state index in [0.717, 1.165) is 32.6 Å². The van der Waals surface area contributed by atoms with Gasteiger partial charge in [-0.2, -0.15) is 0 Å². The topological polar surface area (TPSA) is 76.2 Å². The molecule has 5 nitrogen and oxygen atoms in total. The lowest BCUT2D eigenvalue weighted by Gasteiger charge is -2.24. The molecule has 0 saturated carbocycles. The average molecular weight is 338 g/mol. The van der Waals surface area contributed by atoms with E-state index < -0.39 is 5.97 Å². The highest BCUT2D eigenvalue weighted by molar-refractivity contribution is 8.03. The Hall–Kier alpha value is -2.86. The van der Waals surface area contributed by atoms with Crippen molar-refractivity contribution in [3.05, 3.63) is 77.0 Å². The standard InChI is InChI=1S/C18H17N3O2S/c1-11-17(24-16-6-4-3-5-15(16)19-11)12(2)20-21-14-9-7-13(8-10-14)18(22)23/h3-10,19-21H,2H2,1H3,(H,22,23)/p-1. The summed E-state index contributed by atoms with van der Waals surface area (Å²) in [6.45, 7) is 6.07. The first-order valence-corrected chi connectivity index (χ1v) is 8.14. The largest absolute Gasteiger partial charge is 0.545 e. The van der Waals surface area contributed by atoms with Crippen molar-refractivity contribution in [1.82, 2.24) is 5.43 Å². The molecule has 24 heavy (non-hydrogen) atoms. The van der Waals surface area contributed by atoms with Crippen molar-refractivity contribution < 1.29 is 9.90 Å². The van der Waals surface area contributed by atoms with Gasteiger partial charge < -0.3 is 26.1 Å². The first-order valence-electron chi connectivity index (χ1n) is 7.32. The Kier molecular flexibility index (Phi) is 4.48. The normalized spacial score (nSPS) is 12.9. The molecule has 0 spiro atoms. The molecule has 6 heteroatoms. The van der Waals surface area contributed by atoms with Gasteiger partial charge in [0, 0.05) is 10.6 Å². The smallest absolute Gasteiger partial charge is 0.0715 e. The minimum atomic E-state index is -1.19. The maximum atomic E-state index is 10.7. The van der Waals surface area contributed by atoms with E-state index in [-0.39, 0.29) is 5.56 Å². The number of benzene rings is 2. The Balaban J connectivity index is 1.66. The van der Waals surface area contributed by atoms with Crippen LogP contribution in [0.5, 0.6) is 0 Å². The van der Waals surface area contributed by atoms with Crippen LogP contribution in [0.1, 0.15) is 17.3 Å². The van der Waals surface area contributed by atoms with Gasteiger partial charge in [0.25, 0.3) is 0 Å². The van der Waals surface area contributed by atoms with Gasteiger partial charge in [-0.1, -0.05) is 42.6 Å². The quantitative estimate of drug-likeness (QED) is 0.728. The number of para-hydroxylation sites is 1. The summed E-state index contributed by atoms with van der Waals surface area (Å²) in [7, 11) is 0. The van der Waals surface area contributed by atoms with Crippen molar-refractivity contribution in [3.63, 3.8) is 0 Å². The van der Waals surface area contributed by atoms with Crippen LogP contribution in [0.3, 0.4) is 0 Å². The van der Waals surface area contributed by atoms with E-state index in [9.17, 15) is 9.90 Å². The van der Waals surface area contributed by atoms with Gasteiger partial charge in [0.05, 0.1) is 27.9 Å². The SMILES string of the molecule is C=C(NNc1ccc(C(=O)[O-])cc1)C1=C(C)Nc2ccccc2S1. The van der Waals surface area contributed by atoms with E-state index in [1.165, 1.54) is 12.1 Å². The van der Waals surface area contributed by atoms with Gasteiger partial charge in [-0.3, -0.25) is 0 Å². The number of nitrogens with one attached hydrogen (secondary N) is 3. The second kappa shape index (κ2) is 6.72. The number of hydrogen-bond acceptors (Lipinski definition) is 6. The third-order valence-corrected chi connectivity index (χ3v) is 4.85. The molecule has 0 amide bonds. The molecule has 1 aliphatic rings. The van der Waals surface area contributed by atoms with E-state index in [2.05, 4.69) is 28.8 Å². The molecule has 0 atom stereocenters. The van der Waals surface area contributed by atoms with Crippen LogP contribution in [0.25, 0.3) is 0 Å². The number of hydrazine groups is 1. The van der Waals surface area contributed by atoms with Gasteiger partial charge in [-0.05, 0) is 36.8 Å². The van der Waals surface area contributed by atoms with Crippen LogP contribution >= 0.6 is 11.8 Å². The molecule has 3 N–H and O–H groups in total. The second-order valence-electron chi connectivity index (χ2n) is 5.27. The molecule has 3 rings (SSSR count). The fourth-order valence-corrected chi connectivity index (χ4v) is 3.26. The molecule has 122 valence electrons. The Morgan fingerprint density at radius 2 is 1.88 bits per heavy atom. The van der Waals surface area contributed by atoms with Crippen molar-refractivity contribution in [1.29, 1.82) is 0 Å². The average Bonchev–Trinajstić information content (AvgIpc) is 2.59. The zero-order valence-electron chi connectivity index (χ0n) is 13.1. The Labute approximate surface area is 144 Å². The number of rotatable bonds is 5. The van der Waals surface area contributed by atoms with Crippen LogP contribution in [0.4, 0.5) is 11.4 Å². The summed E-state index contributed by atoms with van der Waals surface area (Å²) in [4.78, 5) is 12.9. The fourth-order valence-electron chi connectivity index (χ4n) is 2.29. The highest BCUT2D eigenvalue weighted by Crippen LogP contribution is 2.41. The third-order valence-electron chi connectivity index (χ3n) is 3.51. The van der Waals surface area contributed by atoms with Crippen LogP contribution in [-0.2, 0) is 0 Å². The number of carboxylic acids is 1. The summed E-state index contributed by atoms with van der Waals surface area (Å²) in [6.07, 6.45) is 0. The number of hydrogen-bond donors (Lipinski definition) is 3. The van der Waals surface area contributed by atoms with Crippen LogP contribution < -0.4 is 21.3 Å². The Morgan fingerprint density at radius 3 is 2.58 bits per heavy atom. The molecule has 0 fully saturated rings. The predicted molar refractivity (Wildman–Crippen MR) is 95.3 cm³/mol. The number of anilines is 2. The molecule has 0 aliphatic carbocycles. The molecular formula is C18H16N3O2S-. The molecular weight excluding hydrogens is 322 g/mol. The lowest BCUT2D eigenvalue weighted by Crippen LogP contribution is -2.24. The third kappa shape index (κ3) is 3.38. The zero-order chi connectivity index (χ0) is 17.1. The molecule has 2 aromatic carbocycles. The van der Waals surface area contributed by atoms with Crippen LogP contribution in [0, 0.1) is 0 Å². The summed E-state index contributed by atoms with van der Waals surface area (Å²) in [5.74, 6) is -1.19. The van der Waals surface area contributed by atoms with E-state index >= 15 is 0 Å².